The van der Waals surface area contributed by atoms with E-state index in [1.807, 2.05) is 14.1 Å². The molecule has 0 saturated carbocycles. The van der Waals surface area contributed by atoms with Gasteiger partial charge in [-0.25, -0.2) is 13.2 Å². The Bertz CT molecular complexity index is 1060. The van der Waals surface area contributed by atoms with Crippen molar-refractivity contribution >= 4 is 27.6 Å². The van der Waals surface area contributed by atoms with Crippen molar-refractivity contribution in [2.45, 2.75) is 31.2 Å². The van der Waals surface area contributed by atoms with Crippen LogP contribution in [0.4, 0.5) is 5.69 Å². The Kier molecular flexibility index (Phi) is 8.22. The predicted octanol–water partition coefficient (Wildman–Crippen LogP) is 1.66. The Labute approximate surface area is 194 Å². The zero-order valence-electron chi connectivity index (χ0n) is 19.2. The van der Waals surface area contributed by atoms with Gasteiger partial charge in [-0.3, -0.25) is 9.48 Å². The fourth-order valence-corrected chi connectivity index (χ4v) is 5.05. The van der Waals surface area contributed by atoms with Gasteiger partial charge in [0, 0.05) is 31.7 Å². The van der Waals surface area contributed by atoms with Crippen LogP contribution in [0.15, 0.2) is 41.6 Å². The van der Waals surface area contributed by atoms with Crippen molar-refractivity contribution in [1.29, 1.82) is 0 Å². The number of piperidine rings is 1. The molecule has 0 atom stereocenters. The molecule has 33 heavy (non-hydrogen) atoms. The second-order valence-corrected chi connectivity index (χ2v) is 10.1. The van der Waals surface area contributed by atoms with Crippen LogP contribution in [0.5, 0.6) is 0 Å². The molecule has 0 unspecified atom stereocenters. The number of ether oxygens (including phenoxy) is 1. The molecule has 1 saturated heterocycles. The molecule has 0 radical (unpaired) electrons. The zero-order chi connectivity index (χ0) is 24.0. The third-order valence-electron chi connectivity index (χ3n) is 5.51. The van der Waals surface area contributed by atoms with Gasteiger partial charge in [-0.2, -0.15) is 9.40 Å². The van der Waals surface area contributed by atoms with Crippen molar-refractivity contribution in [3.63, 3.8) is 0 Å². The van der Waals surface area contributed by atoms with E-state index in [0.29, 0.717) is 24.1 Å². The molecule has 2 aromatic rings. The van der Waals surface area contributed by atoms with Crippen LogP contribution in [0.3, 0.4) is 0 Å². The maximum absolute atomic E-state index is 13.0. The number of anilines is 1. The van der Waals surface area contributed by atoms with E-state index in [4.69, 9.17) is 4.74 Å². The lowest BCUT2D eigenvalue weighted by Gasteiger charge is -2.30. The lowest BCUT2D eigenvalue weighted by Crippen LogP contribution is -2.41. The summed E-state index contributed by atoms with van der Waals surface area (Å²) in [5, 5.41) is 7.13. The molecule has 1 aromatic carbocycles. The molecule has 1 aromatic heterocycles. The highest BCUT2D eigenvalue weighted by molar-refractivity contribution is 7.89. The van der Waals surface area contributed by atoms with Gasteiger partial charge >= 0.3 is 5.97 Å². The minimum atomic E-state index is -3.70. The molecule has 1 N–H and O–H groups in total. The number of amides is 1. The summed E-state index contributed by atoms with van der Waals surface area (Å²) < 4.78 is 34.0. The molecule has 1 fully saturated rings. The third kappa shape index (κ3) is 6.40. The number of carbonyl (C=O) groups excluding carboxylic acids is 2. The van der Waals surface area contributed by atoms with E-state index in [1.165, 1.54) is 28.6 Å². The summed E-state index contributed by atoms with van der Waals surface area (Å²) in [6.45, 7) is 4.03. The first-order chi connectivity index (χ1) is 15.7. The lowest BCUT2D eigenvalue weighted by molar-refractivity contribution is -0.120. The van der Waals surface area contributed by atoms with Crippen LogP contribution in [-0.4, -0.2) is 79.6 Å². The normalized spacial score (nSPS) is 15.5. The highest BCUT2D eigenvalue weighted by Gasteiger charge is 2.32. The van der Waals surface area contributed by atoms with E-state index in [0.717, 1.165) is 13.1 Å². The number of rotatable bonds is 9. The number of nitrogens with one attached hydrogen (secondary N) is 1. The van der Waals surface area contributed by atoms with Crippen molar-refractivity contribution < 1.29 is 22.7 Å². The van der Waals surface area contributed by atoms with Gasteiger partial charge in [-0.1, -0.05) is 0 Å². The first-order valence-corrected chi connectivity index (χ1v) is 12.4. The van der Waals surface area contributed by atoms with Gasteiger partial charge in [0.25, 0.3) is 0 Å². The second-order valence-electron chi connectivity index (χ2n) is 8.21. The fourth-order valence-electron chi connectivity index (χ4n) is 3.58. The van der Waals surface area contributed by atoms with E-state index in [2.05, 4.69) is 15.3 Å². The van der Waals surface area contributed by atoms with Crippen LogP contribution in [0, 0.1) is 5.92 Å². The van der Waals surface area contributed by atoms with Crippen LogP contribution in [0.1, 0.15) is 30.1 Å². The SMILES string of the molecule is CCOC(=O)c1ccc(S(=O)(=O)N2CCC(C(=O)Nc3cnn(CCN(C)C)c3)CC2)cc1. The Morgan fingerprint density at radius 1 is 1.18 bits per heavy atom. The number of aromatic nitrogens is 2. The second kappa shape index (κ2) is 10.9. The molecule has 0 bridgehead atoms. The van der Waals surface area contributed by atoms with Crippen molar-refractivity contribution in [2.24, 2.45) is 5.92 Å². The Hall–Kier alpha value is -2.76. The maximum Gasteiger partial charge on any atom is 0.338 e. The summed E-state index contributed by atoms with van der Waals surface area (Å²) in [5.41, 5.74) is 0.937. The molecule has 1 aliphatic rings. The summed E-state index contributed by atoms with van der Waals surface area (Å²) in [6.07, 6.45) is 4.27. The number of likely N-dealkylation sites (N-methyl/N-ethyl adjacent to an activating group) is 1. The van der Waals surface area contributed by atoms with E-state index < -0.39 is 16.0 Å². The number of carbonyl (C=O) groups is 2. The zero-order valence-corrected chi connectivity index (χ0v) is 20.0. The Morgan fingerprint density at radius 2 is 1.85 bits per heavy atom. The summed E-state index contributed by atoms with van der Waals surface area (Å²) in [4.78, 5) is 26.6. The smallest absolute Gasteiger partial charge is 0.338 e. The third-order valence-corrected chi connectivity index (χ3v) is 7.42. The summed E-state index contributed by atoms with van der Waals surface area (Å²) in [7, 11) is 0.264. The lowest BCUT2D eigenvalue weighted by atomic mass is 9.97. The van der Waals surface area contributed by atoms with Gasteiger partial charge in [0.15, 0.2) is 0 Å². The summed E-state index contributed by atoms with van der Waals surface area (Å²) >= 11 is 0. The van der Waals surface area contributed by atoms with Crippen molar-refractivity contribution in [2.75, 3.05) is 45.7 Å². The largest absolute Gasteiger partial charge is 0.462 e. The molecule has 1 amide bonds. The van der Waals surface area contributed by atoms with Crippen LogP contribution in [0.25, 0.3) is 0 Å². The molecule has 3 rings (SSSR count). The summed E-state index contributed by atoms with van der Waals surface area (Å²) in [6, 6.07) is 5.72. The van der Waals surface area contributed by atoms with Crippen LogP contribution in [-0.2, 0) is 26.1 Å². The number of nitrogens with zero attached hydrogens (tertiary/aromatic N) is 4. The van der Waals surface area contributed by atoms with Gasteiger partial charge in [0.05, 0.1) is 35.5 Å². The molecule has 0 spiro atoms. The first-order valence-electron chi connectivity index (χ1n) is 11.0. The van der Waals surface area contributed by atoms with Crippen LogP contribution in [0.2, 0.25) is 0 Å². The van der Waals surface area contributed by atoms with E-state index >= 15 is 0 Å². The van der Waals surface area contributed by atoms with E-state index in [-0.39, 0.29) is 36.4 Å². The van der Waals surface area contributed by atoms with E-state index in [1.54, 1.807) is 24.0 Å². The topological polar surface area (TPSA) is 114 Å². The minimum Gasteiger partial charge on any atom is -0.462 e. The van der Waals surface area contributed by atoms with Crippen LogP contribution >= 0.6 is 0 Å². The van der Waals surface area contributed by atoms with Crippen molar-refractivity contribution in [3.8, 4) is 0 Å². The number of hydrogen-bond acceptors (Lipinski definition) is 7. The first kappa shape index (κ1) is 24.9. The number of sulfonamides is 1. The van der Waals surface area contributed by atoms with Gasteiger partial charge in [-0.15, -0.1) is 0 Å². The molecule has 11 heteroatoms. The summed E-state index contributed by atoms with van der Waals surface area (Å²) in [5.74, 6) is -0.887. The standard InChI is InChI=1S/C22H31N5O5S/c1-4-32-22(29)18-5-7-20(8-6-18)33(30,31)27-11-9-17(10-12-27)21(28)24-19-15-23-26(16-19)14-13-25(2)3/h5-8,15-17H,4,9-14H2,1-3H3,(H,24,28). The maximum atomic E-state index is 13.0. The molecule has 180 valence electrons. The average molecular weight is 478 g/mol. The van der Waals surface area contributed by atoms with Gasteiger partial charge < -0.3 is 15.0 Å². The number of esters is 1. The minimum absolute atomic E-state index is 0.114. The number of benzene rings is 1. The highest BCUT2D eigenvalue weighted by Crippen LogP contribution is 2.25. The highest BCUT2D eigenvalue weighted by atomic mass is 32.2. The quantitative estimate of drug-likeness (QED) is 0.547. The average Bonchev–Trinajstić information content (AvgIpc) is 3.25. The molecule has 2 heterocycles. The molecular weight excluding hydrogens is 446 g/mol. The van der Waals surface area contributed by atoms with Crippen LogP contribution < -0.4 is 5.32 Å². The van der Waals surface area contributed by atoms with Crippen molar-refractivity contribution in [1.82, 2.24) is 19.0 Å². The van der Waals surface area contributed by atoms with Gasteiger partial charge in [0.2, 0.25) is 15.9 Å². The molecule has 10 nitrogen and oxygen atoms in total. The van der Waals surface area contributed by atoms with Crippen molar-refractivity contribution in [3.05, 3.63) is 42.2 Å². The van der Waals surface area contributed by atoms with Gasteiger partial charge in [-0.05, 0) is 58.1 Å². The Morgan fingerprint density at radius 3 is 2.45 bits per heavy atom. The monoisotopic (exact) mass is 477 g/mol. The molecular formula is C22H31N5O5S. The fraction of sp³-hybridized carbons (Fsp3) is 0.500. The van der Waals surface area contributed by atoms with E-state index in [9.17, 15) is 18.0 Å². The molecule has 0 aliphatic carbocycles. The number of hydrogen-bond donors (Lipinski definition) is 1. The van der Waals surface area contributed by atoms with Gasteiger partial charge in [0.1, 0.15) is 0 Å². The predicted molar refractivity (Wildman–Crippen MR) is 123 cm³/mol. The Balaban J connectivity index is 1.54. The molecule has 1 aliphatic heterocycles.